The predicted octanol–water partition coefficient (Wildman–Crippen LogP) is 3.15. The number of amides is 2. The zero-order chi connectivity index (χ0) is 16.6. The lowest BCUT2D eigenvalue weighted by Crippen LogP contribution is -2.31. The average Bonchev–Trinajstić information content (AvgIpc) is 2.88. The third-order valence-corrected chi connectivity index (χ3v) is 4.79. The van der Waals surface area contributed by atoms with Crippen molar-refractivity contribution in [1.82, 2.24) is 0 Å². The third kappa shape index (κ3) is 3.27. The number of carbonyl (C=O) groups excluding carboxylic acids is 2. The van der Waals surface area contributed by atoms with E-state index in [0.717, 1.165) is 22.3 Å². The van der Waals surface area contributed by atoms with E-state index in [1.807, 2.05) is 24.0 Å². The Hall–Kier alpha value is -1.82. The van der Waals surface area contributed by atoms with E-state index in [-0.39, 0.29) is 17.7 Å². The van der Waals surface area contributed by atoms with Crippen LogP contribution in [0.3, 0.4) is 0 Å². The van der Waals surface area contributed by atoms with Gasteiger partial charge in [-0.2, -0.15) is 4.99 Å². The molecule has 0 spiro atoms. The maximum absolute atomic E-state index is 12.5. The van der Waals surface area contributed by atoms with Gasteiger partial charge in [-0.3, -0.25) is 9.59 Å². The predicted molar refractivity (Wildman–Crippen MR) is 94.1 cm³/mol. The van der Waals surface area contributed by atoms with Gasteiger partial charge >= 0.3 is 0 Å². The monoisotopic (exact) mass is 375 g/mol. The number of hydrogen-bond acceptors (Lipinski definition) is 3. The van der Waals surface area contributed by atoms with Crippen LogP contribution in [0.4, 0.5) is 5.69 Å². The summed E-state index contributed by atoms with van der Waals surface area (Å²) in [6.45, 7) is 4.24. The number of fused-ring (bicyclic) bond motifs is 1. The van der Waals surface area contributed by atoms with E-state index in [9.17, 15) is 9.59 Å². The summed E-state index contributed by atoms with van der Waals surface area (Å²) in [6.07, 6.45) is 1.66. The largest absolute Gasteiger partial charge is 0.312 e. The van der Waals surface area contributed by atoms with Crippen LogP contribution < -0.4 is 4.90 Å². The summed E-state index contributed by atoms with van der Waals surface area (Å²) in [5, 5.41) is 0. The number of amidine groups is 1. The fraction of sp³-hybridized carbons (Fsp3) is 0.412. The number of anilines is 1. The van der Waals surface area contributed by atoms with Gasteiger partial charge in [0.2, 0.25) is 5.91 Å². The highest BCUT2D eigenvalue weighted by molar-refractivity contribution is 9.10. The molecule has 2 amide bonds. The fourth-order valence-electron chi connectivity index (χ4n) is 3.14. The van der Waals surface area contributed by atoms with E-state index in [0.29, 0.717) is 25.2 Å². The van der Waals surface area contributed by atoms with Gasteiger partial charge in [-0.1, -0.05) is 15.9 Å². The van der Waals surface area contributed by atoms with Gasteiger partial charge in [0.1, 0.15) is 5.84 Å². The normalized spacial score (nSPS) is 20.2. The van der Waals surface area contributed by atoms with Crippen molar-refractivity contribution in [2.24, 2.45) is 15.9 Å². The molecular formula is C17H18BrN3O2. The summed E-state index contributed by atoms with van der Waals surface area (Å²) >= 11 is 3.46. The molecule has 1 unspecified atom stereocenters. The molecule has 1 aromatic carbocycles. The van der Waals surface area contributed by atoms with Gasteiger partial charge in [0.05, 0.1) is 5.92 Å². The number of nitrogens with zero attached hydrogens (tertiary/aromatic N) is 3. The molecule has 120 valence electrons. The van der Waals surface area contributed by atoms with Crippen molar-refractivity contribution in [3.05, 3.63) is 28.2 Å². The number of rotatable bonds is 3. The van der Waals surface area contributed by atoms with Crippen LogP contribution in [0.15, 0.2) is 32.7 Å². The molecule has 23 heavy (non-hydrogen) atoms. The number of carbonyl (C=O) groups is 2. The van der Waals surface area contributed by atoms with Crippen molar-refractivity contribution in [1.29, 1.82) is 0 Å². The standard InChI is InChI=1S/C17H18BrN3O2/c1-10-14(17(23)20-11(2)19-10)4-6-16(22)21-8-7-12-9-13(18)3-5-15(12)21/h3,5,9,14H,4,6-8H2,1-2H3. The molecule has 3 rings (SSSR count). The second-order valence-corrected chi connectivity index (χ2v) is 6.83. The van der Waals surface area contributed by atoms with E-state index < -0.39 is 0 Å². The molecule has 2 heterocycles. The van der Waals surface area contributed by atoms with Crippen LogP contribution in [0.25, 0.3) is 0 Å². The molecule has 6 heteroatoms. The van der Waals surface area contributed by atoms with Crippen LogP contribution in [0.5, 0.6) is 0 Å². The van der Waals surface area contributed by atoms with Crippen molar-refractivity contribution in [2.75, 3.05) is 11.4 Å². The first-order chi connectivity index (χ1) is 11.0. The van der Waals surface area contributed by atoms with Gasteiger partial charge in [-0.05, 0) is 50.5 Å². The van der Waals surface area contributed by atoms with Crippen LogP contribution >= 0.6 is 15.9 Å². The van der Waals surface area contributed by atoms with Gasteiger partial charge in [0.15, 0.2) is 0 Å². The minimum Gasteiger partial charge on any atom is -0.312 e. The topological polar surface area (TPSA) is 62.1 Å². The highest BCUT2D eigenvalue weighted by atomic mass is 79.9. The van der Waals surface area contributed by atoms with E-state index >= 15 is 0 Å². The fourth-order valence-corrected chi connectivity index (χ4v) is 3.55. The lowest BCUT2D eigenvalue weighted by Gasteiger charge is -2.20. The Bertz CT molecular complexity index is 739. The lowest BCUT2D eigenvalue weighted by molar-refractivity contribution is -0.120. The zero-order valence-electron chi connectivity index (χ0n) is 13.2. The molecule has 0 aromatic heterocycles. The maximum Gasteiger partial charge on any atom is 0.256 e. The highest BCUT2D eigenvalue weighted by Crippen LogP contribution is 2.31. The Morgan fingerprint density at radius 2 is 2.13 bits per heavy atom. The van der Waals surface area contributed by atoms with E-state index in [1.54, 1.807) is 6.92 Å². The molecular weight excluding hydrogens is 358 g/mol. The van der Waals surface area contributed by atoms with Crippen LogP contribution in [0, 0.1) is 5.92 Å². The second-order valence-electron chi connectivity index (χ2n) is 5.91. The van der Waals surface area contributed by atoms with Gasteiger partial charge < -0.3 is 4.90 Å². The summed E-state index contributed by atoms with van der Waals surface area (Å²) in [7, 11) is 0. The minimum absolute atomic E-state index is 0.0537. The van der Waals surface area contributed by atoms with Crippen LogP contribution in [0.1, 0.15) is 32.3 Å². The molecule has 0 saturated carbocycles. The van der Waals surface area contributed by atoms with Crippen molar-refractivity contribution in [3.63, 3.8) is 0 Å². The first-order valence-corrected chi connectivity index (χ1v) is 8.48. The Labute approximate surface area is 143 Å². The van der Waals surface area contributed by atoms with Gasteiger partial charge in [-0.25, -0.2) is 4.99 Å². The number of halogens is 1. The van der Waals surface area contributed by atoms with Crippen molar-refractivity contribution in [2.45, 2.75) is 33.1 Å². The van der Waals surface area contributed by atoms with Crippen molar-refractivity contribution >= 4 is 45.0 Å². The second kappa shape index (κ2) is 6.35. The highest BCUT2D eigenvalue weighted by Gasteiger charge is 2.29. The van der Waals surface area contributed by atoms with Crippen molar-refractivity contribution < 1.29 is 9.59 Å². The molecule has 0 fully saturated rings. The quantitative estimate of drug-likeness (QED) is 0.814. The zero-order valence-corrected chi connectivity index (χ0v) is 14.8. The summed E-state index contributed by atoms with van der Waals surface area (Å²) in [4.78, 5) is 34.5. The minimum atomic E-state index is -0.366. The molecule has 2 aliphatic rings. The van der Waals surface area contributed by atoms with E-state index in [2.05, 4.69) is 32.0 Å². The van der Waals surface area contributed by atoms with Gasteiger partial charge in [0.25, 0.3) is 5.91 Å². The number of hydrogen-bond donors (Lipinski definition) is 0. The molecule has 0 saturated heterocycles. The summed E-state index contributed by atoms with van der Waals surface area (Å²) in [5.74, 6) is -0.00438. The van der Waals surface area contributed by atoms with E-state index in [4.69, 9.17) is 0 Å². The first kappa shape index (κ1) is 16.1. The summed E-state index contributed by atoms with van der Waals surface area (Å²) in [6, 6.07) is 5.97. The number of aliphatic imine (C=N–C) groups is 2. The molecule has 0 radical (unpaired) electrons. The summed E-state index contributed by atoms with van der Waals surface area (Å²) < 4.78 is 1.03. The Morgan fingerprint density at radius 1 is 1.35 bits per heavy atom. The lowest BCUT2D eigenvalue weighted by atomic mass is 9.96. The van der Waals surface area contributed by atoms with Crippen LogP contribution in [0.2, 0.25) is 0 Å². The Balaban J connectivity index is 1.66. The molecule has 1 aromatic rings. The van der Waals surface area contributed by atoms with E-state index in [1.165, 1.54) is 5.56 Å². The van der Waals surface area contributed by atoms with Gasteiger partial charge in [0, 0.05) is 28.8 Å². The SMILES string of the molecule is CC1=NC(=O)C(CCC(=O)N2CCc3cc(Br)ccc32)C(C)=N1. The van der Waals surface area contributed by atoms with Gasteiger partial charge in [-0.15, -0.1) is 0 Å². The molecule has 0 aliphatic carbocycles. The molecule has 5 nitrogen and oxygen atoms in total. The van der Waals surface area contributed by atoms with Crippen molar-refractivity contribution in [3.8, 4) is 0 Å². The molecule has 1 atom stereocenters. The molecule has 2 aliphatic heterocycles. The molecule has 0 bridgehead atoms. The maximum atomic E-state index is 12.5. The Kier molecular flexibility index (Phi) is 4.43. The van der Waals surface area contributed by atoms with Crippen LogP contribution in [-0.4, -0.2) is 29.9 Å². The summed E-state index contributed by atoms with van der Waals surface area (Å²) in [5.41, 5.74) is 2.91. The van der Waals surface area contributed by atoms with Crippen LogP contribution in [-0.2, 0) is 16.0 Å². The number of benzene rings is 1. The third-order valence-electron chi connectivity index (χ3n) is 4.30. The smallest absolute Gasteiger partial charge is 0.256 e. The first-order valence-electron chi connectivity index (χ1n) is 7.69. The molecule has 0 N–H and O–H groups in total. The average molecular weight is 376 g/mol. The Morgan fingerprint density at radius 3 is 2.87 bits per heavy atom.